The normalized spacial score (nSPS) is 10.6. The van der Waals surface area contributed by atoms with E-state index in [1.807, 2.05) is 13.8 Å². The van der Waals surface area contributed by atoms with E-state index in [4.69, 9.17) is 13.9 Å². The van der Waals surface area contributed by atoms with Crippen LogP contribution in [-0.2, 0) is 9.53 Å². The molecule has 0 aliphatic heterocycles. The molecule has 0 spiro atoms. The molecule has 0 bridgehead atoms. The standard InChI is InChI=1S/C15H16O5/c1-4-18-14(17)8-19-11-5-9(2)15-10(3)6-13(16)20-12(15)7-11/h5-7H,4,8H2,1-3H3. The number of esters is 1. The number of rotatable bonds is 4. The predicted molar refractivity (Wildman–Crippen MR) is 74.1 cm³/mol. The fraction of sp³-hybridized carbons (Fsp3) is 0.333. The second kappa shape index (κ2) is 5.77. The van der Waals surface area contributed by atoms with Gasteiger partial charge in [-0.05, 0) is 38.0 Å². The van der Waals surface area contributed by atoms with E-state index in [0.717, 1.165) is 16.5 Å². The Kier molecular flexibility index (Phi) is 4.08. The minimum atomic E-state index is -0.434. The van der Waals surface area contributed by atoms with Crippen LogP contribution in [0.3, 0.4) is 0 Å². The van der Waals surface area contributed by atoms with Crippen molar-refractivity contribution < 1.29 is 18.7 Å². The lowest BCUT2D eigenvalue weighted by atomic mass is 10.1. The van der Waals surface area contributed by atoms with E-state index in [0.29, 0.717) is 17.9 Å². The first-order chi connectivity index (χ1) is 9.51. The van der Waals surface area contributed by atoms with Gasteiger partial charge in [-0.3, -0.25) is 0 Å². The third-order valence-electron chi connectivity index (χ3n) is 2.87. The van der Waals surface area contributed by atoms with Gasteiger partial charge in [0.2, 0.25) is 0 Å². The molecular weight excluding hydrogens is 260 g/mol. The van der Waals surface area contributed by atoms with Gasteiger partial charge in [-0.1, -0.05) is 0 Å². The van der Waals surface area contributed by atoms with Crippen molar-refractivity contribution in [2.24, 2.45) is 0 Å². The van der Waals surface area contributed by atoms with Gasteiger partial charge in [0.25, 0.3) is 0 Å². The fourth-order valence-electron chi connectivity index (χ4n) is 2.12. The van der Waals surface area contributed by atoms with Crippen LogP contribution in [0.5, 0.6) is 5.75 Å². The smallest absolute Gasteiger partial charge is 0.344 e. The topological polar surface area (TPSA) is 65.7 Å². The van der Waals surface area contributed by atoms with Crippen LogP contribution in [0, 0.1) is 13.8 Å². The zero-order chi connectivity index (χ0) is 14.7. The average Bonchev–Trinajstić information content (AvgIpc) is 2.35. The highest BCUT2D eigenvalue weighted by atomic mass is 16.6. The molecule has 20 heavy (non-hydrogen) atoms. The summed E-state index contributed by atoms with van der Waals surface area (Å²) in [7, 11) is 0. The lowest BCUT2D eigenvalue weighted by Gasteiger charge is -2.09. The van der Waals surface area contributed by atoms with Crippen molar-refractivity contribution in [3.05, 3.63) is 39.7 Å². The van der Waals surface area contributed by atoms with Gasteiger partial charge in [0, 0.05) is 17.5 Å². The molecule has 1 heterocycles. The number of ether oxygens (including phenoxy) is 2. The number of hydrogen-bond donors (Lipinski definition) is 0. The van der Waals surface area contributed by atoms with Crippen LogP contribution in [-0.4, -0.2) is 19.2 Å². The molecule has 0 fully saturated rings. The molecule has 0 unspecified atom stereocenters. The average molecular weight is 276 g/mol. The zero-order valence-electron chi connectivity index (χ0n) is 11.7. The Labute approximate surface area is 116 Å². The molecule has 1 aromatic heterocycles. The van der Waals surface area contributed by atoms with Gasteiger partial charge in [-0.15, -0.1) is 0 Å². The molecule has 0 aliphatic rings. The summed E-state index contributed by atoms with van der Waals surface area (Å²) in [6.07, 6.45) is 0. The third-order valence-corrected chi connectivity index (χ3v) is 2.87. The molecule has 0 saturated heterocycles. The molecule has 0 atom stereocenters. The number of benzene rings is 1. The van der Waals surface area contributed by atoms with Crippen molar-refractivity contribution in [1.29, 1.82) is 0 Å². The Hall–Kier alpha value is -2.30. The van der Waals surface area contributed by atoms with Crippen LogP contribution in [0.15, 0.2) is 27.4 Å². The van der Waals surface area contributed by atoms with E-state index in [1.54, 1.807) is 19.1 Å². The largest absolute Gasteiger partial charge is 0.482 e. The maximum atomic E-state index is 11.4. The zero-order valence-corrected chi connectivity index (χ0v) is 11.7. The molecule has 0 N–H and O–H groups in total. The highest BCUT2D eigenvalue weighted by molar-refractivity contribution is 5.85. The third kappa shape index (κ3) is 2.99. The van der Waals surface area contributed by atoms with Gasteiger partial charge >= 0.3 is 11.6 Å². The summed E-state index contributed by atoms with van der Waals surface area (Å²) in [5, 5.41) is 0.882. The molecule has 0 radical (unpaired) electrons. The fourth-order valence-corrected chi connectivity index (χ4v) is 2.12. The van der Waals surface area contributed by atoms with E-state index >= 15 is 0 Å². The minimum absolute atomic E-state index is 0.172. The van der Waals surface area contributed by atoms with Crippen molar-refractivity contribution in [2.75, 3.05) is 13.2 Å². The van der Waals surface area contributed by atoms with E-state index in [-0.39, 0.29) is 6.61 Å². The van der Waals surface area contributed by atoms with Crippen molar-refractivity contribution in [2.45, 2.75) is 20.8 Å². The summed E-state index contributed by atoms with van der Waals surface area (Å²) in [4.78, 5) is 22.6. The lowest BCUT2D eigenvalue weighted by molar-refractivity contribution is -0.145. The maximum Gasteiger partial charge on any atom is 0.344 e. The second-order valence-electron chi connectivity index (χ2n) is 4.46. The van der Waals surface area contributed by atoms with Crippen molar-refractivity contribution >= 4 is 16.9 Å². The van der Waals surface area contributed by atoms with Crippen molar-refractivity contribution in [1.82, 2.24) is 0 Å². The summed E-state index contributed by atoms with van der Waals surface area (Å²) in [5.74, 6) is 0.0350. The minimum Gasteiger partial charge on any atom is -0.482 e. The lowest BCUT2D eigenvalue weighted by Crippen LogP contribution is -2.14. The second-order valence-corrected chi connectivity index (χ2v) is 4.46. The highest BCUT2D eigenvalue weighted by Gasteiger charge is 2.09. The van der Waals surface area contributed by atoms with Crippen LogP contribution in [0.4, 0.5) is 0 Å². The molecule has 2 aromatic rings. The van der Waals surface area contributed by atoms with Crippen LogP contribution >= 0.6 is 0 Å². The summed E-state index contributed by atoms with van der Waals surface area (Å²) in [6, 6.07) is 4.86. The summed E-state index contributed by atoms with van der Waals surface area (Å²) >= 11 is 0. The number of fused-ring (bicyclic) bond motifs is 1. The van der Waals surface area contributed by atoms with Gasteiger partial charge in [-0.2, -0.15) is 0 Å². The number of hydrogen-bond acceptors (Lipinski definition) is 5. The predicted octanol–water partition coefficient (Wildman–Crippen LogP) is 2.35. The number of aryl methyl sites for hydroxylation is 2. The van der Waals surface area contributed by atoms with E-state index in [2.05, 4.69) is 0 Å². The van der Waals surface area contributed by atoms with Gasteiger partial charge < -0.3 is 13.9 Å². The Balaban J connectivity index is 2.33. The quantitative estimate of drug-likeness (QED) is 0.633. The van der Waals surface area contributed by atoms with Gasteiger partial charge in [0.15, 0.2) is 6.61 Å². The summed E-state index contributed by atoms with van der Waals surface area (Å²) in [6.45, 7) is 5.62. The highest BCUT2D eigenvalue weighted by Crippen LogP contribution is 2.26. The van der Waals surface area contributed by atoms with E-state index in [1.165, 1.54) is 6.07 Å². The van der Waals surface area contributed by atoms with Crippen LogP contribution in [0.1, 0.15) is 18.1 Å². The number of carbonyl (C=O) groups is 1. The SMILES string of the molecule is CCOC(=O)COc1cc(C)c2c(C)cc(=O)oc2c1. The monoisotopic (exact) mass is 276 g/mol. The van der Waals surface area contributed by atoms with Crippen molar-refractivity contribution in [3.8, 4) is 5.75 Å². The summed E-state index contributed by atoms with van der Waals surface area (Å²) < 4.78 is 15.3. The first-order valence-corrected chi connectivity index (χ1v) is 6.34. The number of carbonyl (C=O) groups excluding carboxylic acids is 1. The molecule has 0 saturated carbocycles. The molecule has 5 nitrogen and oxygen atoms in total. The maximum absolute atomic E-state index is 11.4. The molecule has 0 amide bonds. The van der Waals surface area contributed by atoms with Crippen LogP contribution in [0.2, 0.25) is 0 Å². The molecule has 0 aliphatic carbocycles. The van der Waals surface area contributed by atoms with Crippen LogP contribution in [0.25, 0.3) is 11.0 Å². The Morgan fingerprint density at radius 3 is 2.60 bits per heavy atom. The summed E-state index contributed by atoms with van der Waals surface area (Å²) in [5.41, 5.74) is 1.82. The van der Waals surface area contributed by atoms with Gasteiger partial charge in [-0.25, -0.2) is 9.59 Å². The molecule has 2 rings (SSSR count). The Bertz CT molecular complexity index is 699. The van der Waals surface area contributed by atoms with E-state index < -0.39 is 11.6 Å². The Morgan fingerprint density at radius 2 is 1.90 bits per heavy atom. The first-order valence-electron chi connectivity index (χ1n) is 6.34. The van der Waals surface area contributed by atoms with Crippen molar-refractivity contribution in [3.63, 3.8) is 0 Å². The van der Waals surface area contributed by atoms with E-state index in [9.17, 15) is 9.59 Å². The molecule has 106 valence electrons. The van der Waals surface area contributed by atoms with Gasteiger partial charge in [0.05, 0.1) is 6.61 Å². The molecule has 1 aromatic carbocycles. The van der Waals surface area contributed by atoms with Gasteiger partial charge in [0.1, 0.15) is 11.3 Å². The molecule has 5 heteroatoms. The first kappa shape index (κ1) is 14.1. The Morgan fingerprint density at radius 1 is 1.20 bits per heavy atom. The molecular formula is C15H16O5. The van der Waals surface area contributed by atoms with Crippen LogP contribution < -0.4 is 10.4 Å².